The van der Waals surface area contributed by atoms with E-state index in [9.17, 15) is 9.59 Å². The van der Waals surface area contributed by atoms with Gasteiger partial charge in [-0.2, -0.15) is 5.10 Å². The third kappa shape index (κ3) is 4.61. The number of aryl methyl sites for hydroxylation is 2. The third-order valence-corrected chi connectivity index (χ3v) is 5.12. The Bertz CT molecular complexity index is 1010. The monoisotopic (exact) mass is 402 g/mol. The molecule has 2 aromatic heterocycles. The molecule has 2 heterocycles. The lowest BCUT2D eigenvalue weighted by Crippen LogP contribution is -2.29. The molecule has 1 aromatic carbocycles. The van der Waals surface area contributed by atoms with Crippen LogP contribution in [0.5, 0.6) is 0 Å². The van der Waals surface area contributed by atoms with Crippen LogP contribution in [0, 0.1) is 6.92 Å². The summed E-state index contributed by atoms with van der Waals surface area (Å²) >= 11 is 7.46. The third-order valence-electron chi connectivity index (χ3n) is 3.89. The van der Waals surface area contributed by atoms with Gasteiger partial charge in [-0.3, -0.25) is 9.59 Å². The van der Waals surface area contributed by atoms with Crippen molar-refractivity contribution in [3.8, 4) is 11.3 Å². The molecule has 1 N–H and O–H groups in total. The number of nitrogens with one attached hydrogen (secondary N) is 1. The summed E-state index contributed by atoms with van der Waals surface area (Å²) in [6.07, 6.45) is 0.768. The minimum Gasteiger partial charge on any atom is -0.344 e. The maximum atomic E-state index is 12.4. The Hall–Kier alpha value is -2.51. The van der Waals surface area contributed by atoms with E-state index in [1.165, 1.54) is 28.2 Å². The summed E-state index contributed by atoms with van der Waals surface area (Å²) in [6.45, 7) is 4.72. The highest BCUT2D eigenvalue weighted by Gasteiger charge is 2.13. The largest absolute Gasteiger partial charge is 0.344 e. The first-order valence-electron chi connectivity index (χ1n) is 8.56. The lowest BCUT2D eigenvalue weighted by atomic mass is 10.1. The molecule has 0 saturated heterocycles. The summed E-state index contributed by atoms with van der Waals surface area (Å²) in [5, 5.41) is 8.41. The maximum absolute atomic E-state index is 12.4. The molecule has 6 nitrogen and oxygen atoms in total. The zero-order valence-electron chi connectivity index (χ0n) is 15.0. The van der Waals surface area contributed by atoms with Crippen molar-refractivity contribution >= 4 is 28.8 Å². The standard InChI is InChI=1S/C19H19ClN4O2S/c1-3-10-24-17(25)9-8-15(23-24)19(26)21-11-16-22-18(12(2)27-16)13-4-6-14(20)7-5-13/h4-9H,3,10-11H2,1-2H3,(H,21,26). The highest BCUT2D eigenvalue weighted by Crippen LogP contribution is 2.28. The van der Waals surface area contributed by atoms with E-state index >= 15 is 0 Å². The fraction of sp³-hybridized carbons (Fsp3) is 0.263. The van der Waals surface area contributed by atoms with Gasteiger partial charge in [0.25, 0.3) is 11.5 Å². The number of carbonyl (C=O) groups excluding carboxylic acids is 1. The van der Waals surface area contributed by atoms with Gasteiger partial charge in [-0.15, -0.1) is 11.3 Å². The average Bonchev–Trinajstić information content (AvgIpc) is 3.03. The first-order chi connectivity index (χ1) is 13.0. The van der Waals surface area contributed by atoms with E-state index < -0.39 is 0 Å². The van der Waals surface area contributed by atoms with Crippen LogP contribution < -0.4 is 10.9 Å². The Balaban J connectivity index is 1.71. The average molecular weight is 403 g/mol. The highest BCUT2D eigenvalue weighted by atomic mass is 35.5. The van der Waals surface area contributed by atoms with E-state index in [0.29, 0.717) is 18.1 Å². The number of aromatic nitrogens is 3. The lowest BCUT2D eigenvalue weighted by molar-refractivity contribution is 0.0943. The number of amides is 1. The number of hydrogen-bond donors (Lipinski definition) is 1. The van der Waals surface area contributed by atoms with Gasteiger partial charge in [0.1, 0.15) is 10.7 Å². The van der Waals surface area contributed by atoms with Gasteiger partial charge in [0.15, 0.2) is 0 Å². The van der Waals surface area contributed by atoms with E-state index in [2.05, 4.69) is 15.4 Å². The molecule has 8 heteroatoms. The van der Waals surface area contributed by atoms with Gasteiger partial charge < -0.3 is 5.32 Å². The van der Waals surface area contributed by atoms with Crippen molar-refractivity contribution in [2.24, 2.45) is 0 Å². The van der Waals surface area contributed by atoms with Crippen LogP contribution in [-0.4, -0.2) is 20.7 Å². The molecule has 0 spiro atoms. The normalized spacial score (nSPS) is 10.8. The molecule has 0 bridgehead atoms. The number of hydrogen-bond acceptors (Lipinski definition) is 5. The smallest absolute Gasteiger partial charge is 0.272 e. The van der Waals surface area contributed by atoms with Gasteiger partial charge in [0.2, 0.25) is 0 Å². The fourth-order valence-electron chi connectivity index (χ4n) is 2.59. The van der Waals surface area contributed by atoms with Crippen molar-refractivity contribution in [2.45, 2.75) is 33.4 Å². The van der Waals surface area contributed by atoms with Crippen molar-refractivity contribution in [3.63, 3.8) is 0 Å². The molecule has 0 unspecified atom stereocenters. The van der Waals surface area contributed by atoms with Gasteiger partial charge in [-0.1, -0.05) is 30.7 Å². The second-order valence-electron chi connectivity index (χ2n) is 5.98. The highest BCUT2D eigenvalue weighted by molar-refractivity contribution is 7.12. The van der Waals surface area contributed by atoms with Crippen LogP contribution in [0.3, 0.4) is 0 Å². The zero-order chi connectivity index (χ0) is 19.4. The SMILES string of the molecule is CCCn1nc(C(=O)NCc2nc(-c3ccc(Cl)cc3)c(C)s2)ccc1=O. The summed E-state index contributed by atoms with van der Waals surface area (Å²) in [6, 6.07) is 10.3. The van der Waals surface area contributed by atoms with E-state index in [0.717, 1.165) is 27.6 Å². The number of nitrogens with zero attached hydrogens (tertiary/aromatic N) is 3. The Kier molecular flexibility index (Phi) is 6.03. The Labute approximate surface area is 165 Å². The van der Waals surface area contributed by atoms with Crippen molar-refractivity contribution in [3.05, 3.63) is 67.4 Å². The number of halogens is 1. The first-order valence-corrected chi connectivity index (χ1v) is 9.76. The Morgan fingerprint density at radius 2 is 1.96 bits per heavy atom. The Morgan fingerprint density at radius 3 is 2.67 bits per heavy atom. The summed E-state index contributed by atoms with van der Waals surface area (Å²) < 4.78 is 1.31. The van der Waals surface area contributed by atoms with Crippen molar-refractivity contribution < 1.29 is 4.79 Å². The van der Waals surface area contributed by atoms with Crippen molar-refractivity contribution in [2.75, 3.05) is 0 Å². The van der Waals surface area contributed by atoms with Gasteiger partial charge in [-0.25, -0.2) is 9.67 Å². The second kappa shape index (κ2) is 8.45. The van der Waals surface area contributed by atoms with Crippen LogP contribution in [0.1, 0.15) is 33.7 Å². The summed E-state index contributed by atoms with van der Waals surface area (Å²) in [4.78, 5) is 29.8. The lowest BCUT2D eigenvalue weighted by Gasteiger charge is -2.06. The molecule has 1 amide bonds. The van der Waals surface area contributed by atoms with Crippen LogP contribution in [0.25, 0.3) is 11.3 Å². The molecule has 3 rings (SSSR count). The Morgan fingerprint density at radius 1 is 1.22 bits per heavy atom. The molecular weight excluding hydrogens is 384 g/mol. The molecular formula is C19H19ClN4O2S. The molecule has 0 fully saturated rings. The molecule has 3 aromatic rings. The molecule has 0 aliphatic carbocycles. The molecule has 0 radical (unpaired) electrons. The summed E-state index contributed by atoms with van der Waals surface area (Å²) in [5.41, 5.74) is 1.88. The minimum atomic E-state index is -0.333. The molecule has 0 saturated carbocycles. The van der Waals surface area contributed by atoms with Crippen molar-refractivity contribution in [1.29, 1.82) is 0 Å². The fourth-order valence-corrected chi connectivity index (χ4v) is 3.61. The minimum absolute atomic E-state index is 0.212. The summed E-state index contributed by atoms with van der Waals surface area (Å²) in [5.74, 6) is -0.333. The number of benzene rings is 1. The van der Waals surface area contributed by atoms with Crippen LogP contribution in [0.2, 0.25) is 5.02 Å². The molecule has 0 aliphatic rings. The van der Waals surface area contributed by atoms with Gasteiger partial charge in [0.05, 0.1) is 12.2 Å². The first kappa shape index (κ1) is 19.3. The zero-order valence-corrected chi connectivity index (χ0v) is 16.6. The van der Waals surface area contributed by atoms with Gasteiger partial charge >= 0.3 is 0 Å². The van der Waals surface area contributed by atoms with Gasteiger partial charge in [0, 0.05) is 28.1 Å². The van der Waals surface area contributed by atoms with Crippen LogP contribution in [0.4, 0.5) is 0 Å². The summed E-state index contributed by atoms with van der Waals surface area (Å²) in [7, 11) is 0. The topological polar surface area (TPSA) is 76.9 Å². The van der Waals surface area contributed by atoms with Gasteiger partial charge in [-0.05, 0) is 31.5 Å². The molecule has 0 aliphatic heterocycles. The van der Waals surface area contributed by atoms with E-state index in [4.69, 9.17) is 11.6 Å². The second-order valence-corrected chi connectivity index (χ2v) is 7.71. The number of rotatable bonds is 6. The van der Waals surface area contributed by atoms with E-state index in [1.807, 2.05) is 38.1 Å². The molecule has 27 heavy (non-hydrogen) atoms. The van der Waals surface area contributed by atoms with Crippen molar-refractivity contribution in [1.82, 2.24) is 20.1 Å². The number of thiazole rings is 1. The number of carbonyl (C=O) groups is 1. The molecule has 140 valence electrons. The van der Waals surface area contributed by atoms with Crippen LogP contribution in [0.15, 0.2) is 41.2 Å². The van der Waals surface area contributed by atoms with E-state index in [1.54, 1.807) is 0 Å². The van der Waals surface area contributed by atoms with Crippen LogP contribution in [-0.2, 0) is 13.1 Å². The van der Waals surface area contributed by atoms with Crippen LogP contribution >= 0.6 is 22.9 Å². The van der Waals surface area contributed by atoms with E-state index in [-0.39, 0.29) is 17.2 Å². The molecule has 0 atom stereocenters. The maximum Gasteiger partial charge on any atom is 0.272 e. The predicted molar refractivity (Wildman–Crippen MR) is 107 cm³/mol. The predicted octanol–water partition coefficient (Wildman–Crippen LogP) is 3.67. The quantitative estimate of drug-likeness (QED) is 0.682.